The van der Waals surface area contributed by atoms with Crippen molar-refractivity contribution in [2.45, 2.75) is 32.6 Å². The molecule has 3 aromatic carbocycles. The zero-order valence-corrected chi connectivity index (χ0v) is 14.8. The standard InChI is InChI=1S/C23H23NO/c1-3-14-24-21-13-12-17-9-5-7-11-19(17)23(21)20(15-22(24)25)18-10-6-4-8-16(18)2/h4-13,20H,3,14-15H2,1-2H3. The van der Waals surface area contributed by atoms with Crippen molar-refractivity contribution in [1.29, 1.82) is 0 Å². The molecule has 0 saturated carbocycles. The van der Waals surface area contributed by atoms with Gasteiger partial charge in [-0.25, -0.2) is 0 Å². The van der Waals surface area contributed by atoms with Crippen LogP contribution in [-0.4, -0.2) is 12.5 Å². The smallest absolute Gasteiger partial charge is 0.227 e. The van der Waals surface area contributed by atoms with Gasteiger partial charge in [0.1, 0.15) is 0 Å². The number of amides is 1. The summed E-state index contributed by atoms with van der Waals surface area (Å²) in [5.74, 6) is 0.362. The Morgan fingerprint density at radius 2 is 1.76 bits per heavy atom. The van der Waals surface area contributed by atoms with Crippen LogP contribution in [0.1, 0.15) is 42.4 Å². The summed E-state index contributed by atoms with van der Waals surface area (Å²) in [6.07, 6.45) is 1.51. The summed E-state index contributed by atoms with van der Waals surface area (Å²) < 4.78 is 0. The van der Waals surface area contributed by atoms with E-state index in [-0.39, 0.29) is 11.8 Å². The summed E-state index contributed by atoms with van der Waals surface area (Å²) in [4.78, 5) is 14.9. The average Bonchev–Trinajstić information content (AvgIpc) is 2.64. The Kier molecular flexibility index (Phi) is 4.04. The van der Waals surface area contributed by atoms with Crippen LogP contribution in [0.15, 0.2) is 60.7 Å². The minimum Gasteiger partial charge on any atom is -0.312 e. The van der Waals surface area contributed by atoms with Gasteiger partial charge < -0.3 is 4.90 Å². The van der Waals surface area contributed by atoms with E-state index in [1.165, 1.54) is 27.5 Å². The summed E-state index contributed by atoms with van der Waals surface area (Å²) >= 11 is 0. The lowest BCUT2D eigenvalue weighted by molar-refractivity contribution is -0.119. The third-order valence-corrected chi connectivity index (χ3v) is 5.28. The number of fused-ring (bicyclic) bond motifs is 3. The molecule has 0 N–H and O–H groups in total. The molecule has 1 aliphatic rings. The predicted octanol–water partition coefficient (Wildman–Crippen LogP) is 5.43. The van der Waals surface area contributed by atoms with Crippen LogP contribution in [0, 0.1) is 6.92 Å². The molecule has 1 unspecified atom stereocenters. The van der Waals surface area contributed by atoms with E-state index in [2.05, 4.69) is 74.5 Å². The van der Waals surface area contributed by atoms with Crippen LogP contribution in [0.3, 0.4) is 0 Å². The molecule has 126 valence electrons. The summed E-state index contributed by atoms with van der Waals surface area (Å²) in [5, 5.41) is 2.51. The Morgan fingerprint density at radius 1 is 1.00 bits per heavy atom. The predicted molar refractivity (Wildman–Crippen MR) is 104 cm³/mol. The number of anilines is 1. The normalized spacial score (nSPS) is 17.0. The van der Waals surface area contributed by atoms with Crippen molar-refractivity contribution in [1.82, 2.24) is 0 Å². The van der Waals surface area contributed by atoms with Gasteiger partial charge in [0.05, 0.1) is 0 Å². The van der Waals surface area contributed by atoms with Gasteiger partial charge in [0, 0.05) is 24.6 Å². The maximum atomic E-state index is 12.9. The van der Waals surface area contributed by atoms with Crippen LogP contribution in [0.2, 0.25) is 0 Å². The van der Waals surface area contributed by atoms with Crippen molar-refractivity contribution in [2.75, 3.05) is 11.4 Å². The number of hydrogen-bond donors (Lipinski definition) is 0. The van der Waals surface area contributed by atoms with Gasteiger partial charge in [-0.05, 0) is 46.9 Å². The summed E-state index contributed by atoms with van der Waals surface area (Å²) in [7, 11) is 0. The number of hydrogen-bond acceptors (Lipinski definition) is 1. The summed E-state index contributed by atoms with van der Waals surface area (Å²) in [6.45, 7) is 5.05. The molecule has 1 amide bonds. The molecule has 0 bridgehead atoms. The molecule has 0 fully saturated rings. The second-order valence-electron chi connectivity index (χ2n) is 6.88. The maximum Gasteiger partial charge on any atom is 0.227 e. The monoisotopic (exact) mass is 329 g/mol. The van der Waals surface area contributed by atoms with Gasteiger partial charge in [-0.3, -0.25) is 4.79 Å². The number of aryl methyl sites for hydroxylation is 1. The molecular weight excluding hydrogens is 306 g/mol. The quantitative estimate of drug-likeness (QED) is 0.627. The first kappa shape index (κ1) is 15.9. The molecule has 25 heavy (non-hydrogen) atoms. The first-order valence-corrected chi connectivity index (χ1v) is 9.08. The fourth-order valence-corrected chi connectivity index (χ4v) is 4.12. The Balaban J connectivity index is 2.00. The summed E-state index contributed by atoms with van der Waals surface area (Å²) in [6, 6.07) is 21.3. The number of nitrogens with zero attached hydrogens (tertiary/aromatic N) is 1. The average molecular weight is 329 g/mol. The molecule has 0 aromatic heterocycles. The van der Waals surface area contributed by atoms with Gasteiger partial charge in [0.2, 0.25) is 5.91 Å². The third kappa shape index (κ3) is 2.62. The van der Waals surface area contributed by atoms with Gasteiger partial charge in [-0.2, -0.15) is 0 Å². The number of rotatable bonds is 3. The maximum absolute atomic E-state index is 12.9. The van der Waals surface area contributed by atoms with Gasteiger partial charge in [0.15, 0.2) is 0 Å². The van der Waals surface area contributed by atoms with Crippen molar-refractivity contribution in [3.63, 3.8) is 0 Å². The second kappa shape index (κ2) is 6.36. The lowest BCUT2D eigenvalue weighted by Gasteiger charge is -2.35. The number of benzene rings is 3. The van der Waals surface area contributed by atoms with E-state index in [1.54, 1.807) is 0 Å². The highest BCUT2D eigenvalue weighted by Gasteiger charge is 2.33. The highest BCUT2D eigenvalue weighted by Crippen LogP contribution is 2.44. The highest BCUT2D eigenvalue weighted by atomic mass is 16.2. The molecule has 0 saturated heterocycles. The van der Waals surface area contributed by atoms with Crippen LogP contribution < -0.4 is 4.90 Å². The third-order valence-electron chi connectivity index (χ3n) is 5.28. The fraction of sp³-hybridized carbons (Fsp3) is 0.261. The lowest BCUT2D eigenvalue weighted by Crippen LogP contribution is -2.37. The molecular formula is C23H23NO. The van der Waals surface area contributed by atoms with E-state index < -0.39 is 0 Å². The number of carbonyl (C=O) groups excluding carboxylic acids is 1. The van der Waals surface area contributed by atoms with Crippen LogP contribution in [-0.2, 0) is 4.79 Å². The Labute approximate surface area is 149 Å². The molecule has 0 aliphatic carbocycles. The molecule has 0 radical (unpaired) electrons. The van der Waals surface area contributed by atoms with E-state index in [0.717, 1.165) is 18.7 Å². The molecule has 2 nitrogen and oxygen atoms in total. The van der Waals surface area contributed by atoms with Crippen molar-refractivity contribution < 1.29 is 4.79 Å². The van der Waals surface area contributed by atoms with Gasteiger partial charge >= 0.3 is 0 Å². The van der Waals surface area contributed by atoms with Crippen molar-refractivity contribution in [2.24, 2.45) is 0 Å². The summed E-state index contributed by atoms with van der Waals surface area (Å²) in [5.41, 5.74) is 4.92. The second-order valence-corrected chi connectivity index (χ2v) is 6.88. The zero-order valence-electron chi connectivity index (χ0n) is 14.8. The highest BCUT2D eigenvalue weighted by molar-refractivity contribution is 6.03. The van der Waals surface area contributed by atoms with E-state index >= 15 is 0 Å². The SMILES string of the molecule is CCCN1C(=O)CC(c2ccccc2C)c2c1ccc1ccccc21. The van der Waals surface area contributed by atoms with Gasteiger partial charge in [-0.15, -0.1) is 0 Å². The van der Waals surface area contributed by atoms with Gasteiger partial charge in [0.25, 0.3) is 0 Å². The minimum atomic E-state index is 0.128. The first-order valence-electron chi connectivity index (χ1n) is 9.08. The van der Waals surface area contributed by atoms with Crippen molar-refractivity contribution >= 4 is 22.4 Å². The van der Waals surface area contributed by atoms with E-state index in [4.69, 9.17) is 0 Å². The lowest BCUT2D eigenvalue weighted by atomic mass is 9.80. The topological polar surface area (TPSA) is 20.3 Å². The van der Waals surface area contributed by atoms with Crippen molar-refractivity contribution in [3.05, 3.63) is 77.4 Å². The van der Waals surface area contributed by atoms with Crippen molar-refractivity contribution in [3.8, 4) is 0 Å². The molecule has 1 aliphatic heterocycles. The Hall–Kier alpha value is -2.61. The van der Waals surface area contributed by atoms with Crippen LogP contribution in [0.5, 0.6) is 0 Å². The van der Waals surface area contributed by atoms with E-state index in [9.17, 15) is 4.79 Å². The molecule has 1 heterocycles. The van der Waals surface area contributed by atoms with Crippen LogP contribution in [0.4, 0.5) is 5.69 Å². The first-order chi connectivity index (χ1) is 12.2. The van der Waals surface area contributed by atoms with Gasteiger partial charge in [-0.1, -0.05) is 61.5 Å². The Bertz CT molecular complexity index is 944. The largest absolute Gasteiger partial charge is 0.312 e. The zero-order chi connectivity index (χ0) is 17.4. The fourth-order valence-electron chi connectivity index (χ4n) is 4.12. The van der Waals surface area contributed by atoms with E-state index in [0.29, 0.717) is 6.42 Å². The minimum absolute atomic E-state index is 0.128. The number of carbonyl (C=O) groups is 1. The van der Waals surface area contributed by atoms with E-state index in [1.807, 2.05) is 4.90 Å². The molecule has 4 rings (SSSR count). The Morgan fingerprint density at radius 3 is 2.56 bits per heavy atom. The van der Waals surface area contributed by atoms with Crippen LogP contribution in [0.25, 0.3) is 10.8 Å². The molecule has 0 spiro atoms. The molecule has 1 atom stereocenters. The van der Waals surface area contributed by atoms with Crippen LogP contribution >= 0.6 is 0 Å². The molecule has 2 heteroatoms. The molecule has 3 aromatic rings.